The molecule has 1 aromatic carbocycles. The summed E-state index contributed by atoms with van der Waals surface area (Å²) in [6.07, 6.45) is 0.0714. The molecule has 0 saturated heterocycles. The second-order valence-electron chi connectivity index (χ2n) is 9.85. The minimum absolute atomic E-state index is 0.0835. The summed E-state index contributed by atoms with van der Waals surface area (Å²) in [4.78, 5) is 21.4. The molecule has 0 aliphatic carbocycles. The van der Waals surface area contributed by atoms with Crippen molar-refractivity contribution in [1.29, 1.82) is 0 Å². The van der Waals surface area contributed by atoms with Crippen LogP contribution in [-0.2, 0) is 13.5 Å². The van der Waals surface area contributed by atoms with Crippen molar-refractivity contribution in [1.82, 2.24) is 34.7 Å². The molecule has 4 rings (SSSR count). The molecular weight excluding hydrogens is 525 g/mol. The van der Waals surface area contributed by atoms with Gasteiger partial charge >= 0.3 is 6.36 Å². The van der Waals surface area contributed by atoms with Crippen LogP contribution in [0.1, 0.15) is 27.3 Å². The smallest absolute Gasteiger partial charge is 0.406 e. The molecule has 0 atom stereocenters. The van der Waals surface area contributed by atoms with Crippen LogP contribution in [0.3, 0.4) is 0 Å². The predicted octanol–water partition coefficient (Wildman–Crippen LogP) is 4.00. The Morgan fingerprint density at radius 1 is 1.05 bits per heavy atom. The minimum atomic E-state index is -4.89. The lowest BCUT2D eigenvalue weighted by Gasteiger charge is -2.23. The largest absolute Gasteiger partial charge is 0.573 e. The maximum atomic E-state index is 13.3. The van der Waals surface area contributed by atoms with E-state index in [-0.39, 0.29) is 17.8 Å². The third kappa shape index (κ3) is 6.84. The van der Waals surface area contributed by atoms with Crippen molar-refractivity contribution < 1.29 is 22.7 Å². The zero-order valence-corrected chi connectivity index (χ0v) is 23.2. The second-order valence-corrected chi connectivity index (χ2v) is 9.85. The zero-order chi connectivity index (χ0) is 29.2. The van der Waals surface area contributed by atoms with Gasteiger partial charge in [0.15, 0.2) is 5.78 Å². The number of carbonyl (C=O) groups excluding carboxylic acids is 1. The van der Waals surface area contributed by atoms with Gasteiger partial charge in [0.05, 0.1) is 23.8 Å². The summed E-state index contributed by atoms with van der Waals surface area (Å²) in [7, 11) is 7.39. The van der Waals surface area contributed by atoms with Crippen molar-refractivity contribution in [2.24, 2.45) is 7.05 Å². The lowest BCUT2D eigenvalue weighted by molar-refractivity contribution is -0.274. The molecule has 4 aromatic rings. The van der Waals surface area contributed by atoms with E-state index in [0.717, 1.165) is 17.3 Å². The van der Waals surface area contributed by atoms with E-state index < -0.39 is 12.1 Å². The van der Waals surface area contributed by atoms with Crippen LogP contribution in [0, 0.1) is 13.8 Å². The zero-order valence-electron chi connectivity index (χ0n) is 23.2. The van der Waals surface area contributed by atoms with E-state index in [1.807, 2.05) is 39.9 Å². The van der Waals surface area contributed by atoms with E-state index in [0.29, 0.717) is 41.4 Å². The lowest BCUT2D eigenvalue weighted by Crippen LogP contribution is -2.28. The topological polar surface area (TPSA) is 94.2 Å². The molecule has 0 fully saturated rings. The summed E-state index contributed by atoms with van der Waals surface area (Å²) in [6.45, 7) is 4.96. The Morgan fingerprint density at radius 3 is 2.45 bits per heavy atom. The molecule has 0 aliphatic heterocycles. The molecule has 10 nitrogen and oxygen atoms in total. The number of ether oxygens (including phenoxy) is 1. The number of carbonyl (C=O) groups is 1. The molecule has 3 aromatic heterocycles. The number of ketones is 1. The molecule has 0 radical (unpaired) electrons. The Hall–Kier alpha value is -4.26. The second kappa shape index (κ2) is 11.5. The van der Waals surface area contributed by atoms with Crippen LogP contribution in [0.2, 0.25) is 0 Å². The van der Waals surface area contributed by atoms with Crippen molar-refractivity contribution in [2.75, 3.05) is 39.1 Å². The van der Waals surface area contributed by atoms with Crippen LogP contribution in [0.5, 0.6) is 5.75 Å². The predicted molar refractivity (Wildman–Crippen MR) is 144 cm³/mol. The highest BCUT2D eigenvalue weighted by Crippen LogP contribution is 2.29. The van der Waals surface area contributed by atoms with Gasteiger partial charge in [0.2, 0.25) is 0 Å². The van der Waals surface area contributed by atoms with Crippen LogP contribution in [0.4, 0.5) is 18.9 Å². The van der Waals surface area contributed by atoms with Gasteiger partial charge < -0.3 is 14.5 Å². The number of hydrogen-bond donors (Lipinski definition) is 0. The summed E-state index contributed by atoms with van der Waals surface area (Å²) < 4.78 is 46.6. The third-order valence-corrected chi connectivity index (χ3v) is 6.50. The number of nitrogens with zero attached hydrogens (tertiary/aromatic N) is 8. The van der Waals surface area contributed by atoms with Gasteiger partial charge in [0, 0.05) is 68.4 Å². The monoisotopic (exact) mass is 556 g/mol. The minimum Gasteiger partial charge on any atom is -0.406 e. The van der Waals surface area contributed by atoms with Gasteiger partial charge in [-0.25, -0.2) is 4.68 Å². The van der Waals surface area contributed by atoms with E-state index >= 15 is 0 Å². The first-order chi connectivity index (χ1) is 18.8. The van der Waals surface area contributed by atoms with Crippen molar-refractivity contribution in [2.45, 2.75) is 26.6 Å². The Labute approximate surface area is 230 Å². The maximum Gasteiger partial charge on any atom is 0.573 e. The number of hydrogen-bond acceptors (Lipinski definition) is 8. The average Bonchev–Trinajstić information content (AvgIpc) is 3.49. The average molecular weight is 557 g/mol. The molecule has 0 bridgehead atoms. The van der Waals surface area contributed by atoms with Gasteiger partial charge in [0.25, 0.3) is 0 Å². The number of benzene rings is 1. The lowest BCUT2D eigenvalue weighted by atomic mass is 10.0. The first-order valence-electron chi connectivity index (χ1n) is 12.5. The first kappa shape index (κ1) is 28.7. The highest BCUT2D eigenvalue weighted by Gasteiger charge is 2.31. The SMILES string of the molecule is Cc1ncc(CC(=O)c2cc(OC(F)(F)F)cc(N(C)CCN(C)C)c2)cc1-n1cc(-c2cnn(C)c2C)nn1. The van der Waals surface area contributed by atoms with Gasteiger partial charge in [-0.05, 0) is 51.7 Å². The number of anilines is 1. The van der Waals surface area contributed by atoms with Gasteiger partial charge in [-0.15, -0.1) is 18.3 Å². The molecular formula is C27H31F3N8O2. The van der Waals surface area contributed by atoms with Gasteiger partial charge in [-0.2, -0.15) is 5.10 Å². The van der Waals surface area contributed by atoms with Crippen LogP contribution < -0.4 is 9.64 Å². The van der Waals surface area contributed by atoms with Crippen molar-refractivity contribution >= 4 is 11.5 Å². The molecule has 0 spiro atoms. The molecule has 40 heavy (non-hydrogen) atoms. The summed E-state index contributed by atoms with van der Waals surface area (Å²) in [5, 5.41) is 12.7. The van der Waals surface area contributed by atoms with Crippen LogP contribution >= 0.6 is 0 Å². The maximum absolute atomic E-state index is 13.3. The van der Waals surface area contributed by atoms with Crippen LogP contribution in [0.15, 0.2) is 42.9 Å². The normalized spacial score (nSPS) is 11.8. The molecule has 3 heterocycles. The van der Waals surface area contributed by atoms with Crippen molar-refractivity contribution in [3.05, 3.63) is 65.4 Å². The fraction of sp³-hybridized carbons (Fsp3) is 0.370. The van der Waals surface area contributed by atoms with Gasteiger partial charge in [-0.1, -0.05) is 5.21 Å². The number of alkyl halides is 3. The quantitative estimate of drug-likeness (QED) is 0.271. The molecule has 0 amide bonds. The number of halogens is 3. The summed E-state index contributed by atoms with van der Waals surface area (Å²) in [5.41, 5.74) is 4.83. The number of pyridine rings is 1. The molecule has 0 saturated carbocycles. The van der Waals surface area contributed by atoms with Gasteiger partial charge in [-0.3, -0.25) is 14.5 Å². The van der Waals surface area contributed by atoms with E-state index in [9.17, 15) is 18.0 Å². The molecule has 13 heteroatoms. The highest BCUT2D eigenvalue weighted by molar-refractivity contribution is 5.98. The van der Waals surface area contributed by atoms with Crippen molar-refractivity contribution in [3.63, 3.8) is 0 Å². The standard InChI is InChI=1S/C27H31F3N8O2/c1-17-25(38-16-24(33-34-38)23-15-32-37(6)18(23)2)9-19(14-31-17)10-26(39)20-11-21(36(5)8-7-35(3)4)13-22(12-20)40-27(28,29)30/h9,11-16H,7-8,10H2,1-6H3. The highest BCUT2D eigenvalue weighted by atomic mass is 19.4. The number of Topliss-reactive ketones (excluding diaryl/α,β-unsaturated/α-hetero) is 1. The fourth-order valence-corrected chi connectivity index (χ4v) is 4.07. The number of aryl methyl sites for hydroxylation is 2. The van der Waals surface area contributed by atoms with E-state index in [2.05, 4.69) is 25.1 Å². The molecule has 0 N–H and O–H groups in total. The Bertz CT molecular complexity index is 1510. The Kier molecular flexibility index (Phi) is 8.24. The fourth-order valence-electron chi connectivity index (χ4n) is 4.07. The number of likely N-dealkylation sites (N-methyl/N-ethyl adjacent to an activating group) is 2. The Balaban J connectivity index is 1.60. The summed E-state index contributed by atoms with van der Waals surface area (Å²) >= 11 is 0. The molecule has 0 unspecified atom stereocenters. The van der Waals surface area contributed by atoms with Crippen LogP contribution in [0.25, 0.3) is 16.9 Å². The van der Waals surface area contributed by atoms with E-state index in [1.165, 1.54) is 6.07 Å². The number of rotatable bonds is 10. The summed E-state index contributed by atoms with van der Waals surface area (Å²) in [5.74, 6) is -0.828. The number of aromatic nitrogens is 6. The third-order valence-electron chi connectivity index (χ3n) is 6.50. The first-order valence-corrected chi connectivity index (χ1v) is 12.5. The van der Waals surface area contributed by atoms with E-state index in [4.69, 9.17) is 0 Å². The molecule has 0 aliphatic rings. The Morgan fingerprint density at radius 2 is 1.80 bits per heavy atom. The molecule has 212 valence electrons. The van der Waals surface area contributed by atoms with Crippen molar-refractivity contribution in [3.8, 4) is 22.7 Å². The van der Waals surface area contributed by atoms with E-state index in [1.54, 1.807) is 52.0 Å². The summed E-state index contributed by atoms with van der Waals surface area (Å²) in [6, 6.07) is 5.73. The van der Waals surface area contributed by atoms with Gasteiger partial charge in [0.1, 0.15) is 11.4 Å². The van der Waals surface area contributed by atoms with Crippen LogP contribution in [-0.4, -0.2) is 81.0 Å².